The maximum absolute atomic E-state index is 12.8. The van der Waals surface area contributed by atoms with Crippen LogP contribution in [0.15, 0.2) is 42.5 Å². The molecule has 6 heteroatoms. The van der Waals surface area contributed by atoms with Gasteiger partial charge in [-0.3, -0.25) is 14.4 Å². The number of imide groups is 1. The Kier molecular flexibility index (Phi) is 4.04. The number of hydrogen-bond acceptors (Lipinski definition) is 4. The van der Waals surface area contributed by atoms with E-state index in [0.29, 0.717) is 28.1 Å². The Labute approximate surface area is 138 Å². The second-order valence-electron chi connectivity index (χ2n) is 5.43. The third-order valence-electron chi connectivity index (χ3n) is 3.90. The fourth-order valence-corrected chi connectivity index (χ4v) is 2.82. The number of carbonyl (C=O) groups excluding carboxylic acids is 2. The van der Waals surface area contributed by atoms with Gasteiger partial charge < -0.3 is 9.84 Å². The van der Waals surface area contributed by atoms with E-state index in [2.05, 4.69) is 0 Å². The van der Waals surface area contributed by atoms with Gasteiger partial charge in [-0.25, -0.2) is 4.90 Å². The summed E-state index contributed by atoms with van der Waals surface area (Å²) in [5.41, 5.74) is 1.85. The number of carbonyl (C=O) groups is 3. The van der Waals surface area contributed by atoms with E-state index >= 15 is 0 Å². The highest BCUT2D eigenvalue weighted by atomic mass is 16.5. The number of carboxylic acids is 1. The van der Waals surface area contributed by atoms with Crippen molar-refractivity contribution in [3.8, 4) is 5.75 Å². The lowest BCUT2D eigenvalue weighted by Crippen LogP contribution is -2.34. The molecule has 0 spiro atoms. The molecule has 1 aliphatic heterocycles. The van der Waals surface area contributed by atoms with Gasteiger partial charge in [-0.1, -0.05) is 18.2 Å². The highest BCUT2D eigenvalue weighted by Gasteiger charge is 2.35. The van der Waals surface area contributed by atoms with Crippen molar-refractivity contribution in [1.82, 2.24) is 0 Å². The molecule has 1 aliphatic rings. The molecular weight excluding hydrogens is 310 g/mol. The minimum atomic E-state index is -1.01. The largest absolute Gasteiger partial charge is 0.497 e. The topological polar surface area (TPSA) is 83.9 Å². The van der Waals surface area contributed by atoms with Crippen molar-refractivity contribution in [2.45, 2.75) is 12.8 Å². The average Bonchev–Trinajstić information content (AvgIpc) is 2.91. The predicted molar refractivity (Wildman–Crippen MR) is 86.3 cm³/mol. The number of aliphatic carboxylic acids is 1. The number of benzene rings is 2. The van der Waals surface area contributed by atoms with E-state index < -0.39 is 11.9 Å². The van der Waals surface area contributed by atoms with Gasteiger partial charge in [-0.15, -0.1) is 0 Å². The van der Waals surface area contributed by atoms with Crippen molar-refractivity contribution in [3.05, 3.63) is 59.2 Å². The molecule has 24 heavy (non-hydrogen) atoms. The molecule has 6 nitrogen and oxygen atoms in total. The van der Waals surface area contributed by atoms with Gasteiger partial charge in [-0.05, 0) is 35.4 Å². The van der Waals surface area contributed by atoms with Crippen LogP contribution in [-0.4, -0.2) is 30.0 Å². The lowest BCUT2D eigenvalue weighted by Gasteiger charge is -2.18. The molecule has 0 bridgehead atoms. The Bertz CT molecular complexity index is 826. The lowest BCUT2D eigenvalue weighted by atomic mass is 10.0. The highest BCUT2D eigenvalue weighted by Crippen LogP contribution is 2.34. The normalized spacial score (nSPS) is 12.9. The van der Waals surface area contributed by atoms with Crippen LogP contribution in [-0.2, 0) is 22.4 Å². The molecule has 1 N–H and O–H groups in total. The fraction of sp³-hybridized carbons (Fsp3) is 0.167. The van der Waals surface area contributed by atoms with Crippen LogP contribution in [0.1, 0.15) is 21.5 Å². The average molecular weight is 325 g/mol. The van der Waals surface area contributed by atoms with Crippen LogP contribution in [0.3, 0.4) is 0 Å². The summed E-state index contributed by atoms with van der Waals surface area (Å²) >= 11 is 0. The Balaban J connectivity index is 2.01. The van der Waals surface area contributed by atoms with E-state index in [0.717, 1.165) is 4.90 Å². The first-order valence-electron chi connectivity index (χ1n) is 7.35. The SMILES string of the molecule is COc1ccc(C(=O)N2C(=O)Cc3cccc(CC(=O)O)c32)cc1. The molecule has 2 aromatic carbocycles. The first kappa shape index (κ1) is 15.7. The summed E-state index contributed by atoms with van der Waals surface area (Å²) in [7, 11) is 1.52. The molecule has 0 atom stereocenters. The van der Waals surface area contributed by atoms with Gasteiger partial charge in [0.25, 0.3) is 5.91 Å². The molecule has 3 rings (SSSR count). The first-order chi connectivity index (χ1) is 11.5. The summed E-state index contributed by atoms with van der Waals surface area (Å²) in [5.74, 6) is -1.24. The number of fused-ring (bicyclic) bond motifs is 1. The maximum atomic E-state index is 12.8. The van der Waals surface area contributed by atoms with Crippen molar-refractivity contribution in [2.75, 3.05) is 12.0 Å². The lowest BCUT2D eigenvalue weighted by molar-refractivity contribution is -0.136. The molecule has 0 unspecified atom stereocenters. The van der Waals surface area contributed by atoms with Crippen LogP contribution in [0.2, 0.25) is 0 Å². The minimum absolute atomic E-state index is 0.0880. The predicted octanol–water partition coefficient (Wildman–Crippen LogP) is 2.05. The molecule has 0 saturated heterocycles. The minimum Gasteiger partial charge on any atom is -0.497 e. The summed E-state index contributed by atoms with van der Waals surface area (Å²) in [4.78, 5) is 37.3. The summed E-state index contributed by atoms with van der Waals surface area (Å²) < 4.78 is 5.06. The zero-order valence-corrected chi connectivity index (χ0v) is 13.0. The third-order valence-corrected chi connectivity index (χ3v) is 3.90. The zero-order chi connectivity index (χ0) is 17.3. The van der Waals surface area contributed by atoms with Crippen LogP contribution >= 0.6 is 0 Å². The Hall–Kier alpha value is -3.15. The number of methoxy groups -OCH3 is 1. The van der Waals surface area contributed by atoms with Crippen LogP contribution in [0.4, 0.5) is 5.69 Å². The summed E-state index contributed by atoms with van der Waals surface area (Å²) in [5, 5.41) is 9.06. The number of nitrogens with zero attached hydrogens (tertiary/aromatic N) is 1. The van der Waals surface area contributed by atoms with Gasteiger partial charge in [0.1, 0.15) is 5.75 Å². The second kappa shape index (κ2) is 6.16. The van der Waals surface area contributed by atoms with Crippen molar-refractivity contribution >= 4 is 23.5 Å². The van der Waals surface area contributed by atoms with Crippen molar-refractivity contribution < 1.29 is 24.2 Å². The number of carboxylic acid groups (broad SMARTS) is 1. The maximum Gasteiger partial charge on any atom is 0.307 e. The fourth-order valence-electron chi connectivity index (χ4n) is 2.82. The first-order valence-corrected chi connectivity index (χ1v) is 7.35. The third kappa shape index (κ3) is 2.74. The number of rotatable bonds is 4. The zero-order valence-electron chi connectivity index (χ0n) is 13.0. The monoisotopic (exact) mass is 325 g/mol. The number of amides is 2. The molecule has 0 aliphatic carbocycles. The molecule has 122 valence electrons. The molecule has 2 aromatic rings. The quantitative estimate of drug-likeness (QED) is 0.870. The molecule has 2 amide bonds. The number of ether oxygens (including phenoxy) is 1. The van der Waals surface area contributed by atoms with Crippen LogP contribution in [0, 0.1) is 0 Å². The van der Waals surface area contributed by atoms with Crippen LogP contribution in [0.25, 0.3) is 0 Å². The van der Waals surface area contributed by atoms with E-state index in [1.165, 1.54) is 7.11 Å². The van der Waals surface area contributed by atoms with E-state index in [4.69, 9.17) is 9.84 Å². The number of para-hydroxylation sites is 1. The molecule has 0 aromatic heterocycles. The summed E-state index contributed by atoms with van der Waals surface area (Å²) in [6.45, 7) is 0. The van der Waals surface area contributed by atoms with Crippen molar-refractivity contribution in [1.29, 1.82) is 0 Å². The van der Waals surface area contributed by atoms with Gasteiger partial charge in [0, 0.05) is 5.56 Å². The molecule has 0 radical (unpaired) electrons. The highest BCUT2D eigenvalue weighted by molar-refractivity contribution is 6.25. The Morgan fingerprint density at radius 2 is 1.88 bits per heavy atom. The number of anilines is 1. The molecule has 0 fully saturated rings. The molecular formula is C18H15NO5. The van der Waals surface area contributed by atoms with Crippen molar-refractivity contribution in [3.63, 3.8) is 0 Å². The van der Waals surface area contributed by atoms with E-state index in [-0.39, 0.29) is 18.7 Å². The van der Waals surface area contributed by atoms with Crippen LogP contribution in [0.5, 0.6) is 5.75 Å². The van der Waals surface area contributed by atoms with Gasteiger partial charge in [0.2, 0.25) is 5.91 Å². The van der Waals surface area contributed by atoms with Gasteiger partial charge in [0.05, 0.1) is 25.6 Å². The summed E-state index contributed by atoms with van der Waals surface area (Å²) in [6.07, 6.45) is -0.159. The Morgan fingerprint density at radius 3 is 2.50 bits per heavy atom. The standard InChI is InChI=1S/C18H15NO5/c1-24-14-7-5-11(6-8-14)18(23)19-15(20)9-12-3-2-4-13(17(12)19)10-16(21)22/h2-8H,9-10H2,1H3,(H,21,22). The molecule has 1 heterocycles. The van der Waals surface area contributed by atoms with E-state index in [1.807, 2.05) is 0 Å². The van der Waals surface area contributed by atoms with E-state index in [9.17, 15) is 14.4 Å². The van der Waals surface area contributed by atoms with Gasteiger partial charge in [-0.2, -0.15) is 0 Å². The van der Waals surface area contributed by atoms with Gasteiger partial charge >= 0.3 is 5.97 Å². The van der Waals surface area contributed by atoms with Gasteiger partial charge in [0.15, 0.2) is 0 Å². The number of hydrogen-bond donors (Lipinski definition) is 1. The Morgan fingerprint density at radius 1 is 1.17 bits per heavy atom. The van der Waals surface area contributed by atoms with Crippen molar-refractivity contribution in [2.24, 2.45) is 0 Å². The molecule has 0 saturated carbocycles. The van der Waals surface area contributed by atoms with Crippen LogP contribution < -0.4 is 9.64 Å². The van der Waals surface area contributed by atoms with E-state index in [1.54, 1.807) is 42.5 Å². The smallest absolute Gasteiger partial charge is 0.307 e. The second-order valence-corrected chi connectivity index (χ2v) is 5.43. The summed E-state index contributed by atoms with van der Waals surface area (Å²) in [6, 6.07) is 11.5.